The molecule has 0 unspecified atom stereocenters. The molecule has 1 aliphatic rings. The molecule has 0 aliphatic carbocycles. The molecule has 1 nitrogen and oxygen atoms in total. The maximum absolute atomic E-state index is 5.59. The molecular formula is C7H15OPS. The summed E-state index contributed by atoms with van der Waals surface area (Å²) in [4.78, 5) is 0. The zero-order valence-electron chi connectivity index (χ0n) is 6.89. The van der Waals surface area contributed by atoms with Crippen molar-refractivity contribution in [3.05, 3.63) is 0 Å². The van der Waals surface area contributed by atoms with Crippen molar-refractivity contribution >= 4 is 17.8 Å². The third-order valence-electron chi connectivity index (χ3n) is 2.12. The third-order valence-corrected chi connectivity index (χ3v) is 8.58. The van der Waals surface area contributed by atoms with Crippen LogP contribution in [0.1, 0.15) is 20.8 Å². The van der Waals surface area contributed by atoms with Gasteiger partial charge in [0.15, 0.2) is 0 Å². The first kappa shape index (κ1) is 8.70. The van der Waals surface area contributed by atoms with E-state index in [1.54, 1.807) is 0 Å². The van der Waals surface area contributed by atoms with E-state index in [4.69, 9.17) is 16.5 Å². The Morgan fingerprint density at radius 3 is 2.20 bits per heavy atom. The monoisotopic (exact) mass is 178 g/mol. The molecule has 0 bridgehead atoms. The van der Waals surface area contributed by atoms with Gasteiger partial charge in [-0.15, -0.1) is 0 Å². The lowest BCUT2D eigenvalue weighted by Crippen LogP contribution is -2.15. The van der Waals surface area contributed by atoms with Crippen molar-refractivity contribution < 1.29 is 4.74 Å². The minimum Gasteiger partial charge on any atom is -0.376 e. The summed E-state index contributed by atoms with van der Waals surface area (Å²) in [5.41, 5.74) is 0. The van der Waals surface area contributed by atoms with Gasteiger partial charge in [0.1, 0.15) is 0 Å². The highest BCUT2D eigenvalue weighted by Gasteiger charge is 2.34. The molecule has 1 fully saturated rings. The summed E-state index contributed by atoms with van der Waals surface area (Å²) in [7, 11) is 0. The van der Waals surface area contributed by atoms with Gasteiger partial charge in [0.2, 0.25) is 0 Å². The highest BCUT2D eigenvalue weighted by Crippen LogP contribution is 2.60. The average Bonchev–Trinajstić information content (AvgIpc) is 2.13. The van der Waals surface area contributed by atoms with E-state index in [-0.39, 0.29) is 0 Å². The first-order chi connectivity index (χ1) is 4.46. The van der Waals surface area contributed by atoms with Crippen molar-refractivity contribution in [1.82, 2.24) is 0 Å². The summed E-state index contributed by atoms with van der Waals surface area (Å²) >= 11 is 5.59. The second-order valence-corrected chi connectivity index (χ2v) is 9.74. The lowest BCUT2D eigenvalue weighted by atomic mass is 10.3. The molecule has 0 N–H and O–H groups in total. The molecule has 1 atom stereocenters. The first-order valence-corrected chi connectivity index (χ1v) is 6.79. The molecule has 1 heterocycles. The van der Waals surface area contributed by atoms with Crippen LogP contribution < -0.4 is 0 Å². The minimum absolute atomic E-state index is 0.318. The Kier molecular flexibility index (Phi) is 2.25. The Labute approximate surface area is 68.2 Å². The van der Waals surface area contributed by atoms with Gasteiger partial charge in [-0.2, -0.15) is 0 Å². The molecule has 1 rings (SSSR count). The van der Waals surface area contributed by atoms with Gasteiger partial charge in [-0.1, -0.05) is 32.6 Å². The predicted octanol–water partition coefficient (Wildman–Crippen LogP) is 2.25. The van der Waals surface area contributed by atoms with Crippen LogP contribution in [0.15, 0.2) is 0 Å². The van der Waals surface area contributed by atoms with E-state index in [1.807, 2.05) is 0 Å². The van der Waals surface area contributed by atoms with E-state index in [0.29, 0.717) is 5.16 Å². The fourth-order valence-corrected chi connectivity index (χ4v) is 3.50. The van der Waals surface area contributed by atoms with Gasteiger partial charge in [-0.05, 0) is 11.2 Å². The molecule has 0 amide bonds. The third kappa shape index (κ3) is 1.44. The van der Waals surface area contributed by atoms with E-state index < -0.39 is 6.04 Å². The van der Waals surface area contributed by atoms with E-state index in [0.717, 1.165) is 19.1 Å². The summed E-state index contributed by atoms with van der Waals surface area (Å²) < 4.78 is 5.33. The SMILES string of the molecule is CC(C)(C)[P@]1(=S)CCOC1. The van der Waals surface area contributed by atoms with Crippen molar-refractivity contribution in [2.24, 2.45) is 0 Å². The Morgan fingerprint density at radius 2 is 2.00 bits per heavy atom. The number of rotatable bonds is 0. The van der Waals surface area contributed by atoms with Crippen LogP contribution in [0.3, 0.4) is 0 Å². The zero-order chi connectivity index (χ0) is 7.83. The van der Waals surface area contributed by atoms with E-state index in [1.165, 1.54) is 0 Å². The summed E-state index contributed by atoms with van der Waals surface area (Å²) in [5, 5.41) is 0.318. The molecule has 0 spiro atoms. The van der Waals surface area contributed by atoms with Crippen LogP contribution in [-0.2, 0) is 16.5 Å². The van der Waals surface area contributed by atoms with Crippen LogP contribution in [0.4, 0.5) is 0 Å². The number of ether oxygens (including phenoxy) is 1. The van der Waals surface area contributed by atoms with Crippen molar-refractivity contribution in [3.8, 4) is 0 Å². The quantitative estimate of drug-likeness (QED) is 0.526. The Balaban J connectivity index is 2.78. The molecular weight excluding hydrogens is 163 g/mol. The Bertz CT molecular complexity index is 161. The summed E-state index contributed by atoms with van der Waals surface area (Å²) in [6.45, 7) is 7.61. The highest BCUT2D eigenvalue weighted by atomic mass is 32.4. The number of hydrogen-bond acceptors (Lipinski definition) is 2. The van der Waals surface area contributed by atoms with Crippen molar-refractivity contribution in [2.45, 2.75) is 25.9 Å². The van der Waals surface area contributed by atoms with Gasteiger partial charge in [0.05, 0.1) is 13.0 Å². The lowest BCUT2D eigenvalue weighted by molar-refractivity contribution is 0.216. The van der Waals surface area contributed by atoms with Gasteiger partial charge >= 0.3 is 0 Å². The first-order valence-electron chi connectivity index (χ1n) is 3.62. The maximum atomic E-state index is 5.59. The van der Waals surface area contributed by atoms with Gasteiger partial charge in [-0.25, -0.2) is 0 Å². The summed E-state index contributed by atoms with van der Waals surface area (Å²) in [6, 6.07) is -1.14. The predicted molar refractivity (Wildman–Crippen MR) is 49.7 cm³/mol. The average molecular weight is 178 g/mol. The van der Waals surface area contributed by atoms with E-state index >= 15 is 0 Å². The maximum Gasteiger partial charge on any atom is 0.0758 e. The second kappa shape index (κ2) is 2.58. The van der Waals surface area contributed by atoms with Gasteiger partial charge in [0.25, 0.3) is 0 Å². The van der Waals surface area contributed by atoms with Crippen LogP contribution in [-0.4, -0.2) is 24.3 Å². The molecule has 0 aromatic carbocycles. The largest absolute Gasteiger partial charge is 0.376 e. The summed E-state index contributed by atoms with van der Waals surface area (Å²) in [5.74, 6) is 0. The fourth-order valence-electron chi connectivity index (χ4n) is 1.02. The molecule has 0 radical (unpaired) electrons. The number of hydrogen-bond donors (Lipinski definition) is 0. The topological polar surface area (TPSA) is 9.23 Å². The normalized spacial score (nSPS) is 34.7. The van der Waals surface area contributed by atoms with Crippen molar-refractivity contribution in [2.75, 3.05) is 19.1 Å². The van der Waals surface area contributed by atoms with E-state index in [2.05, 4.69) is 20.8 Å². The van der Waals surface area contributed by atoms with Crippen molar-refractivity contribution in [1.29, 1.82) is 0 Å². The molecule has 0 aromatic rings. The molecule has 1 aliphatic heterocycles. The van der Waals surface area contributed by atoms with Crippen LogP contribution in [0, 0.1) is 0 Å². The van der Waals surface area contributed by atoms with Gasteiger partial charge < -0.3 is 4.74 Å². The molecule has 1 saturated heterocycles. The van der Waals surface area contributed by atoms with Crippen LogP contribution >= 0.6 is 6.04 Å². The molecule has 10 heavy (non-hydrogen) atoms. The Morgan fingerprint density at radius 1 is 1.40 bits per heavy atom. The van der Waals surface area contributed by atoms with Gasteiger partial charge in [-0.3, -0.25) is 0 Å². The fraction of sp³-hybridized carbons (Fsp3) is 1.00. The molecule has 0 aromatic heterocycles. The minimum atomic E-state index is -1.14. The summed E-state index contributed by atoms with van der Waals surface area (Å²) in [6.07, 6.45) is 2.01. The van der Waals surface area contributed by atoms with Gasteiger partial charge in [0, 0.05) is 6.16 Å². The second-order valence-electron chi connectivity index (χ2n) is 3.82. The zero-order valence-corrected chi connectivity index (χ0v) is 8.60. The van der Waals surface area contributed by atoms with E-state index in [9.17, 15) is 0 Å². The lowest BCUT2D eigenvalue weighted by Gasteiger charge is -2.29. The standard InChI is InChI=1S/C7H15OPS/c1-7(2,3)9(10)5-4-8-6-9/h4-6H2,1-3H3/t9-/m0/s1. The smallest absolute Gasteiger partial charge is 0.0758 e. The molecule has 0 saturated carbocycles. The highest BCUT2D eigenvalue weighted by molar-refractivity contribution is 8.15. The van der Waals surface area contributed by atoms with Crippen LogP contribution in [0.25, 0.3) is 0 Å². The molecule has 3 heteroatoms. The van der Waals surface area contributed by atoms with Crippen molar-refractivity contribution in [3.63, 3.8) is 0 Å². The van der Waals surface area contributed by atoms with Crippen LogP contribution in [0.5, 0.6) is 0 Å². The molecule has 60 valence electrons. The van der Waals surface area contributed by atoms with Crippen LogP contribution in [0.2, 0.25) is 0 Å². The Hall–Kier alpha value is 0.610.